The fourth-order valence-electron chi connectivity index (χ4n) is 9.06. The van der Waals surface area contributed by atoms with Crippen LogP contribution < -0.4 is 0 Å². The number of hydrogen-bond acceptors (Lipinski definition) is 7. The van der Waals surface area contributed by atoms with Gasteiger partial charge in [0.15, 0.2) is 0 Å². The summed E-state index contributed by atoms with van der Waals surface area (Å²) in [6.07, 6.45) is 1.12. The standard InChI is InChI=1S/C28H48O7/c1-14(12-29)15(2)24(32)25(33)16(3)18-6-7-19-17-13-35-26(34)21-10-22(30)23(31)11-28(21,5)20(17)8-9-27(18,19)4/h14-25,29-33H,6-13H2,1-5H3/t14-,15-,16-,17-,18+,19-,20-,21+,22-,23+,24+,25+,27+,28+/m0/s1. The number of rotatable bonds is 6. The monoisotopic (exact) mass is 496 g/mol. The Morgan fingerprint density at radius 3 is 2.29 bits per heavy atom. The highest BCUT2D eigenvalue weighted by molar-refractivity contribution is 5.74. The molecule has 0 bridgehead atoms. The molecule has 0 spiro atoms. The number of carbonyl (C=O) groups is 1. The predicted molar refractivity (Wildman–Crippen MR) is 131 cm³/mol. The third-order valence-corrected chi connectivity index (χ3v) is 11.7. The van der Waals surface area contributed by atoms with Crippen LogP contribution >= 0.6 is 0 Å². The molecule has 3 saturated carbocycles. The van der Waals surface area contributed by atoms with Crippen LogP contribution in [-0.2, 0) is 9.53 Å². The molecule has 0 aromatic rings. The zero-order valence-corrected chi connectivity index (χ0v) is 22.1. The molecule has 0 aromatic heterocycles. The van der Waals surface area contributed by atoms with Gasteiger partial charge in [0, 0.05) is 6.61 Å². The van der Waals surface area contributed by atoms with Gasteiger partial charge < -0.3 is 30.3 Å². The van der Waals surface area contributed by atoms with Crippen LogP contribution in [0, 0.1) is 58.2 Å². The summed E-state index contributed by atoms with van der Waals surface area (Å²) in [6, 6.07) is 0. The number of aliphatic hydroxyl groups excluding tert-OH is 5. The van der Waals surface area contributed by atoms with Crippen LogP contribution in [0.15, 0.2) is 0 Å². The Kier molecular flexibility index (Phi) is 7.70. The molecular weight excluding hydrogens is 448 g/mol. The maximum Gasteiger partial charge on any atom is 0.309 e. The van der Waals surface area contributed by atoms with Crippen molar-refractivity contribution < 1.29 is 35.1 Å². The fraction of sp³-hybridized carbons (Fsp3) is 0.964. The van der Waals surface area contributed by atoms with E-state index < -0.39 is 29.8 Å². The van der Waals surface area contributed by atoms with Gasteiger partial charge in [0.25, 0.3) is 0 Å². The summed E-state index contributed by atoms with van der Waals surface area (Å²) in [6.45, 7) is 10.7. The molecule has 0 aromatic carbocycles. The molecular formula is C28H48O7. The van der Waals surface area contributed by atoms with Crippen LogP contribution in [0.4, 0.5) is 0 Å². The number of carbonyl (C=O) groups excluding carboxylic acids is 1. The second-order valence-electron chi connectivity index (χ2n) is 13.2. The highest BCUT2D eigenvalue weighted by Gasteiger charge is 2.63. The molecule has 7 nitrogen and oxygen atoms in total. The van der Waals surface area contributed by atoms with E-state index in [2.05, 4.69) is 20.8 Å². The van der Waals surface area contributed by atoms with E-state index in [0.717, 1.165) is 25.7 Å². The SMILES string of the molecule is C[C@H]([C@@H](O)[C@H](O)[C@@H](C)[C@@H](C)CO)[C@H]1CC[C@H]2[C@@H]3COC(=O)[C@H]4C[C@H](O)[C@H](O)C[C@]4(C)[C@H]3CC[C@]12C. The van der Waals surface area contributed by atoms with Crippen LogP contribution in [0.5, 0.6) is 0 Å². The van der Waals surface area contributed by atoms with Gasteiger partial charge in [-0.2, -0.15) is 0 Å². The van der Waals surface area contributed by atoms with Gasteiger partial charge in [0.05, 0.1) is 36.9 Å². The Bertz CT molecular complexity index is 774. The first kappa shape index (κ1) is 27.3. The van der Waals surface area contributed by atoms with E-state index in [9.17, 15) is 30.3 Å². The van der Waals surface area contributed by atoms with Crippen LogP contribution in [-0.4, -0.2) is 69.1 Å². The van der Waals surface area contributed by atoms with Crippen molar-refractivity contribution in [3.63, 3.8) is 0 Å². The van der Waals surface area contributed by atoms with Gasteiger partial charge in [0.1, 0.15) is 0 Å². The van der Waals surface area contributed by atoms with Crippen molar-refractivity contribution >= 4 is 5.97 Å². The van der Waals surface area contributed by atoms with Crippen molar-refractivity contribution in [2.45, 2.75) is 97.6 Å². The molecule has 4 rings (SSSR count). The average Bonchev–Trinajstić information content (AvgIpc) is 3.14. The molecule has 3 aliphatic carbocycles. The van der Waals surface area contributed by atoms with E-state index in [1.54, 1.807) is 0 Å². The Labute approximate surface area is 210 Å². The summed E-state index contributed by atoms with van der Waals surface area (Å²) in [7, 11) is 0. The molecule has 14 atom stereocenters. The molecule has 1 aliphatic heterocycles. The van der Waals surface area contributed by atoms with Gasteiger partial charge in [-0.3, -0.25) is 4.79 Å². The first-order valence-corrected chi connectivity index (χ1v) is 13.9. The first-order chi connectivity index (χ1) is 16.4. The maximum atomic E-state index is 13.0. The number of ether oxygens (including phenoxy) is 1. The highest BCUT2D eigenvalue weighted by Crippen LogP contribution is 2.66. The maximum absolute atomic E-state index is 13.0. The zero-order valence-electron chi connectivity index (χ0n) is 22.1. The second kappa shape index (κ2) is 9.86. The normalized spacial score (nSPS) is 47.8. The van der Waals surface area contributed by atoms with Gasteiger partial charge in [-0.15, -0.1) is 0 Å². The lowest BCUT2D eigenvalue weighted by atomic mass is 9.48. The average molecular weight is 497 g/mol. The summed E-state index contributed by atoms with van der Waals surface area (Å²) in [5.74, 6) is 0.0316. The minimum absolute atomic E-state index is 0.0180. The van der Waals surface area contributed by atoms with Crippen molar-refractivity contribution in [2.24, 2.45) is 58.2 Å². The quantitative estimate of drug-likeness (QED) is 0.357. The smallest absolute Gasteiger partial charge is 0.309 e. The number of aliphatic hydroxyl groups is 5. The van der Waals surface area contributed by atoms with Crippen molar-refractivity contribution in [1.82, 2.24) is 0 Å². The van der Waals surface area contributed by atoms with Crippen LogP contribution in [0.1, 0.15) is 73.1 Å². The fourth-order valence-corrected chi connectivity index (χ4v) is 9.06. The third kappa shape index (κ3) is 4.37. The molecule has 202 valence electrons. The predicted octanol–water partition coefficient (Wildman–Crippen LogP) is 2.36. The Morgan fingerprint density at radius 1 is 0.971 bits per heavy atom. The summed E-state index contributed by atoms with van der Waals surface area (Å²) in [5.41, 5.74) is -0.421. The molecule has 0 amide bonds. The summed E-state index contributed by atoms with van der Waals surface area (Å²) >= 11 is 0. The van der Waals surface area contributed by atoms with E-state index in [1.807, 2.05) is 13.8 Å². The van der Waals surface area contributed by atoms with Crippen molar-refractivity contribution in [1.29, 1.82) is 0 Å². The molecule has 7 heteroatoms. The lowest BCUT2D eigenvalue weighted by Crippen LogP contribution is -2.55. The molecule has 0 unspecified atom stereocenters. The van der Waals surface area contributed by atoms with Crippen molar-refractivity contribution in [3.05, 3.63) is 0 Å². The van der Waals surface area contributed by atoms with E-state index in [0.29, 0.717) is 18.9 Å². The molecule has 35 heavy (non-hydrogen) atoms. The van der Waals surface area contributed by atoms with E-state index in [1.165, 1.54) is 0 Å². The van der Waals surface area contributed by atoms with Gasteiger partial charge >= 0.3 is 5.97 Å². The van der Waals surface area contributed by atoms with Gasteiger partial charge in [-0.25, -0.2) is 0 Å². The largest absolute Gasteiger partial charge is 0.465 e. The molecule has 4 aliphatic rings. The van der Waals surface area contributed by atoms with E-state index in [-0.39, 0.29) is 65.8 Å². The van der Waals surface area contributed by atoms with Crippen LogP contribution in [0.25, 0.3) is 0 Å². The molecule has 4 fully saturated rings. The number of esters is 1. The highest BCUT2D eigenvalue weighted by atomic mass is 16.5. The van der Waals surface area contributed by atoms with Crippen LogP contribution in [0.3, 0.4) is 0 Å². The minimum atomic E-state index is -0.889. The first-order valence-electron chi connectivity index (χ1n) is 13.9. The number of cyclic esters (lactones) is 1. The molecule has 1 saturated heterocycles. The number of hydrogen-bond donors (Lipinski definition) is 5. The Morgan fingerprint density at radius 2 is 1.63 bits per heavy atom. The Hall–Kier alpha value is -0.730. The molecule has 0 radical (unpaired) electrons. The van der Waals surface area contributed by atoms with E-state index >= 15 is 0 Å². The lowest BCUT2D eigenvalue weighted by molar-refractivity contribution is -0.162. The number of fused-ring (bicyclic) bond motifs is 5. The summed E-state index contributed by atoms with van der Waals surface area (Å²) in [5, 5.41) is 52.4. The van der Waals surface area contributed by atoms with Gasteiger partial charge in [0.2, 0.25) is 0 Å². The Balaban J connectivity index is 1.56. The molecule has 5 N–H and O–H groups in total. The topological polar surface area (TPSA) is 127 Å². The van der Waals surface area contributed by atoms with Gasteiger partial charge in [-0.1, -0.05) is 34.6 Å². The van der Waals surface area contributed by atoms with Gasteiger partial charge in [-0.05, 0) is 90.8 Å². The van der Waals surface area contributed by atoms with Crippen LogP contribution in [0.2, 0.25) is 0 Å². The summed E-state index contributed by atoms with van der Waals surface area (Å²) < 4.78 is 5.85. The zero-order chi connectivity index (χ0) is 25.9. The third-order valence-electron chi connectivity index (χ3n) is 11.7. The minimum Gasteiger partial charge on any atom is -0.465 e. The van der Waals surface area contributed by atoms with Crippen molar-refractivity contribution in [2.75, 3.05) is 13.2 Å². The molecule has 1 heterocycles. The second-order valence-corrected chi connectivity index (χ2v) is 13.2. The van der Waals surface area contributed by atoms with Crippen molar-refractivity contribution in [3.8, 4) is 0 Å². The summed E-state index contributed by atoms with van der Waals surface area (Å²) in [4.78, 5) is 13.0. The lowest BCUT2D eigenvalue weighted by Gasteiger charge is -2.56. The van der Waals surface area contributed by atoms with E-state index in [4.69, 9.17) is 4.74 Å².